The first kappa shape index (κ1) is 22.1. The summed E-state index contributed by atoms with van der Waals surface area (Å²) < 4.78 is 10.8. The van der Waals surface area contributed by atoms with E-state index in [0.717, 1.165) is 37.7 Å². The molecule has 0 atom stereocenters. The Kier molecular flexibility index (Phi) is 4.48. The summed E-state index contributed by atoms with van der Waals surface area (Å²) in [5, 5.41) is 8.09. The summed E-state index contributed by atoms with van der Waals surface area (Å²) in [5.74, 6) is -1.37. The number of ether oxygens (including phenoxy) is 2. The molecule has 7 aromatic carbocycles. The van der Waals surface area contributed by atoms with Gasteiger partial charge in [0.05, 0.1) is 5.39 Å². The topological polar surface area (TPSA) is 86.7 Å². The first-order valence-electron chi connectivity index (χ1n) is 12.1. The Morgan fingerprint density at radius 3 is 1.58 bits per heavy atom. The Morgan fingerprint density at radius 1 is 0.474 bits per heavy atom. The minimum Gasteiger partial charge on any atom is -0.423 e. The van der Waals surface area contributed by atoms with Gasteiger partial charge in [-0.25, -0.2) is 0 Å². The fourth-order valence-corrected chi connectivity index (χ4v) is 5.92. The maximum absolute atomic E-state index is 14.1. The normalized spacial score (nSPS) is 11.8. The van der Waals surface area contributed by atoms with Crippen LogP contribution in [0.2, 0.25) is 0 Å². The molecule has 0 fully saturated rings. The SMILES string of the molecule is CC(=O)Oc1ccc2c(c1OC(C)=O)c(=O)c1cccc3c1c2c1cccc2c(=O)c4ccccc4c3c21. The molecule has 182 valence electrons. The second-order valence-electron chi connectivity index (χ2n) is 9.41. The van der Waals surface area contributed by atoms with Gasteiger partial charge in [-0.15, -0.1) is 0 Å². The lowest BCUT2D eigenvalue weighted by atomic mass is 9.84. The summed E-state index contributed by atoms with van der Waals surface area (Å²) in [6.45, 7) is 2.46. The van der Waals surface area contributed by atoms with Crippen LogP contribution in [0.15, 0.2) is 82.4 Å². The number of fused-ring (bicyclic) bond motifs is 6. The Balaban J connectivity index is 1.85. The van der Waals surface area contributed by atoms with Crippen LogP contribution in [0.3, 0.4) is 0 Å². The van der Waals surface area contributed by atoms with E-state index >= 15 is 0 Å². The maximum Gasteiger partial charge on any atom is 0.308 e. The zero-order chi connectivity index (χ0) is 26.3. The fourth-order valence-electron chi connectivity index (χ4n) is 5.92. The third-order valence-corrected chi connectivity index (χ3v) is 7.22. The van der Waals surface area contributed by atoms with Crippen LogP contribution in [0.5, 0.6) is 11.5 Å². The highest BCUT2D eigenvalue weighted by Gasteiger charge is 2.24. The second-order valence-corrected chi connectivity index (χ2v) is 9.41. The van der Waals surface area contributed by atoms with E-state index in [1.54, 1.807) is 12.1 Å². The van der Waals surface area contributed by atoms with Gasteiger partial charge in [0.2, 0.25) is 0 Å². The minimum atomic E-state index is -0.650. The van der Waals surface area contributed by atoms with Crippen LogP contribution in [-0.4, -0.2) is 11.9 Å². The van der Waals surface area contributed by atoms with E-state index in [4.69, 9.17) is 9.47 Å². The molecule has 0 spiro atoms. The summed E-state index contributed by atoms with van der Waals surface area (Å²) in [7, 11) is 0. The van der Waals surface area contributed by atoms with Crippen molar-refractivity contribution in [3.63, 3.8) is 0 Å². The molecule has 0 bridgehead atoms. The van der Waals surface area contributed by atoms with Crippen molar-refractivity contribution in [2.24, 2.45) is 0 Å². The third-order valence-electron chi connectivity index (χ3n) is 7.22. The third kappa shape index (κ3) is 2.82. The number of carbonyl (C=O) groups is 2. The molecular formula is C32H18O6. The van der Waals surface area contributed by atoms with Gasteiger partial charge in [-0.05, 0) is 44.5 Å². The number of benzene rings is 7. The molecule has 0 aliphatic carbocycles. The molecule has 0 unspecified atom stereocenters. The first-order chi connectivity index (χ1) is 18.4. The Hall–Kier alpha value is -5.10. The number of hydrogen-bond acceptors (Lipinski definition) is 6. The van der Waals surface area contributed by atoms with Gasteiger partial charge < -0.3 is 9.47 Å². The molecule has 0 aromatic heterocycles. The Morgan fingerprint density at radius 2 is 0.947 bits per heavy atom. The lowest BCUT2D eigenvalue weighted by Gasteiger charge is -2.18. The molecule has 0 saturated heterocycles. The fraction of sp³-hybridized carbons (Fsp3) is 0.0625. The molecular weight excluding hydrogens is 480 g/mol. The van der Waals surface area contributed by atoms with Gasteiger partial charge in [-0.2, -0.15) is 0 Å². The first-order valence-corrected chi connectivity index (χ1v) is 12.1. The molecule has 38 heavy (non-hydrogen) atoms. The number of esters is 2. The highest BCUT2D eigenvalue weighted by molar-refractivity contribution is 6.41. The van der Waals surface area contributed by atoms with Crippen LogP contribution >= 0.6 is 0 Å². The summed E-state index contributed by atoms with van der Waals surface area (Å²) in [4.78, 5) is 51.5. The zero-order valence-corrected chi connectivity index (χ0v) is 20.4. The molecule has 0 aliphatic heterocycles. The molecule has 0 N–H and O–H groups in total. The Bertz CT molecular complexity index is 2280. The molecule has 6 nitrogen and oxygen atoms in total. The van der Waals surface area contributed by atoms with Crippen LogP contribution < -0.4 is 20.3 Å². The van der Waals surface area contributed by atoms with E-state index in [2.05, 4.69) is 0 Å². The molecule has 7 rings (SSSR count). The van der Waals surface area contributed by atoms with Crippen molar-refractivity contribution in [2.45, 2.75) is 13.8 Å². The molecule has 7 aromatic rings. The van der Waals surface area contributed by atoms with E-state index < -0.39 is 11.9 Å². The molecule has 0 amide bonds. The summed E-state index contributed by atoms with van der Waals surface area (Å²) in [6.07, 6.45) is 0. The van der Waals surface area contributed by atoms with Gasteiger partial charge in [0.15, 0.2) is 22.4 Å². The van der Waals surface area contributed by atoms with Crippen LogP contribution in [0.4, 0.5) is 0 Å². The summed E-state index contributed by atoms with van der Waals surface area (Å²) in [6, 6.07) is 21.9. The average molecular weight is 498 g/mol. The highest BCUT2D eigenvalue weighted by atomic mass is 16.6. The van der Waals surface area contributed by atoms with Gasteiger partial charge >= 0.3 is 11.9 Å². The van der Waals surface area contributed by atoms with Crippen molar-refractivity contribution in [1.82, 2.24) is 0 Å². The van der Waals surface area contributed by atoms with Crippen LogP contribution in [0.25, 0.3) is 64.6 Å². The highest BCUT2D eigenvalue weighted by Crippen LogP contribution is 2.46. The lowest BCUT2D eigenvalue weighted by Crippen LogP contribution is -2.12. The van der Waals surface area contributed by atoms with Gasteiger partial charge in [-0.3, -0.25) is 19.2 Å². The summed E-state index contributed by atoms with van der Waals surface area (Å²) >= 11 is 0. The van der Waals surface area contributed by atoms with Crippen LogP contribution in [0.1, 0.15) is 13.8 Å². The van der Waals surface area contributed by atoms with Crippen LogP contribution in [-0.2, 0) is 9.59 Å². The predicted molar refractivity (Wildman–Crippen MR) is 149 cm³/mol. The van der Waals surface area contributed by atoms with Gasteiger partial charge in [0.1, 0.15) is 0 Å². The van der Waals surface area contributed by atoms with E-state index in [1.807, 2.05) is 54.6 Å². The smallest absolute Gasteiger partial charge is 0.308 e. The summed E-state index contributed by atoms with van der Waals surface area (Å²) in [5.41, 5.74) is -0.398. The van der Waals surface area contributed by atoms with Crippen molar-refractivity contribution < 1.29 is 19.1 Å². The quantitative estimate of drug-likeness (QED) is 0.125. The van der Waals surface area contributed by atoms with E-state index in [0.29, 0.717) is 21.5 Å². The predicted octanol–water partition coefficient (Wildman–Crippen LogP) is 6.05. The molecule has 0 heterocycles. The Labute approximate surface area is 214 Å². The van der Waals surface area contributed by atoms with Crippen molar-refractivity contribution in [1.29, 1.82) is 0 Å². The van der Waals surface area contributed by atoms with Gasteiger partial charge in [0.25, 0.3) is 0 Å². The number of rotatable bonds is 2. The lowest BCUT2D eigenvalue weighted by molar-refractivity contribution is -0.134. The van der Waals surface area contributed by atoms with Crippen molar-refractivity contribution >= 4 is 76.6 Å². The van der Waals surface area contributed by atoms with E-state index in [9.17, 15) is 19.2 Å². The maximum atomic E-state index is 14.1. The number of hydrogen-bond donors (Lipinski definition) is 0. The van der Waals surface area contributed by atoms with E-state index in [1.165, 1.54) is 19.9 Å². The van der Waals surface area contributed by atoms with Crippen molar-refractivity contribution in [3.8, 4) is 11.5 Å². The van der Waals surface area contributed by atoms with Crippen LogP contribution in [0, 0.1) is 0 Å². The zero-order valence-electron chi connectivity index (χ0n) is 20.4. The standard InChI is InChI=1S/C32H18O6/c1-15(33)37-24-14-13-21-26-20-10-5-11-22-27(20)25(17-7-3-4-8-18(17)30(22)35)19-9-6-12-23(28(19)26)31(36)29(21)32(24)38-16(2)34/h3-14H,1-2H3. The monoisotopic (exact) mass is 498 g/mol. The van der Waals surface area contributed by atoms with E-state index in [-0.39, 0.29) is 27.7 Å². The number of carbonyl (C=O) groups excluding carboxylic acids is 2. The second kappa shape index (κ2) is 7.70. The minimum absolute atomic E-state index is 0.0118. The molecule has 0 aliphatic rings. The molecule has 0 saturated carbocycles. The van der Waals surface area contributed by atoms with Gasteiger partial charge in [0, 0.05) is 40.8 Å². The largest absolute Gasteiger partial charge is 0.423 e. The molecule has 6 heteroatoms. The molecule has 0 radical (unpaired) electrons. The van der Waals surface area contributed by atoms with Gasteiger partial charge in [-0.1, -0.05) is 60.7 Å². The average Bonchev–Trinajstić information content (AvgIpc) is 2.90. The van der Waals surface area contributed by atoms with Crippen molar-refractivity contribution in [3.05, 3.63) is 93.2 Å². The van der Waals surface area contributed by atoms with Crippen molar-refractivity contribution in [2.75, 3.05) is 0 Å².